The third kappa shape index (κ3) is 2.97. The van der Waals surface area contributed by atoms with Gasteiger partial charge in [-0.1, -0.05) is 29.8 Å². The molecule has 0 aliphatic heterocycles. The number of hydrogen-bond acceptors (Lipinski definition) is 3. The van der Waals surface area contributed by atoms with Crippen molar-refractivity contribution in [3.63, 3.8) is 0 Å². The molecule has 2 N–H and O–H groups in total. The second-order valence-corrected chi connectivity index (χ2v) is 5.06. The van der Waals surface area contributed by atoms with E-state index in [1.54, 1.807) is 30.3 Å². The first-order chi connectivity index (χ1) is 10.6. The molecule has 3 rings (SSSR count). The average Bonchev–Trinajstić information content (AvgIpc) is 2.97. The molecule has 3 aromatic rings. The van der Waals surface area contributed by atoms with E-state index in [0.29, 0.717) is 16.5 Å². The first-order valence-corrected chi connectivity index (χ1v) is 6.96. The Morgan fingerprint density at radius 3 is 2.64 bits per heavy atom. The molecule has 1 heterocycles. The summed E-state index contributed by atoms with van der Waals surface area (Å²) in [5.74, 6) is 0.364. The molecule has 2 aromatic carbocycles. The maximum Gasteiger partial charge on any atom is 0.291 e. The van der Waals surface area contributed by atoms with E-state index in [1.807, 2.05) is 18.2 Å². The fraction of sp³-hybridized carbons (Fsp3) is 0. The summed E-state index contributed by atoms with van der Waals surface area (Å²) in [6.07, 6.45) is 0. The number of phenolic OH excluding ortho intramolecular Hbond substituents is 1. The van der Waals surface area contributed by atoms with Gasteiger partial charge < -0.3 is 14.8 Å². The molecule has 1 amide bonds. The van der Waals surface area contributed by atoms with E-state index < -0.39 is 5.91 Å². The molecule has 5 heteroatoms. The molecule has 22 heavy (non-hydrogen) atoms. The smallest absolute Gasteiger partial charge is 0.291 e. The van der Waals surface area contributed by atoms with Crippen LogP contribution in [0.3, 0.4) is 0 Å². The second-order valence-electron chi connectivity index (χ2n) is 4.65. The number of halogens is 1. The summed E-state index contributed by atoms with van der Waals surface area (Å²) in [5, 5.41) is 12.6. The second kappa shape index (κ2) is 5.95. The molecule has 1 aromatic heterocycles. The number of rotatable bonds is 3. The van der Waals surface area contributed by atoms with Crippen LogP contribution in [0.4, 0.5) is 5.69 Å². The molecule has 0 saturated carbocycles. The first-order valence-electron chi connectivity index (χ1n) is 6.58. The van der Waals surface area contributed by atoms with Crippen LogP contribution >= 0.6 is 11.6 Å². The van der Waals surface area contributed by atoms with E-state index >= 15 is 0 Å². The predicted molar refractivity (Wildman–Crippen MR) is 85.2 cm³/mol. The van der Waals surface area contributed by atoms with Gasteiger partial charge in [0.1, 0.15) is 11.5 Å². The van der Waals surface area contributed by atoms with E-state index in [0.717, 1.165) is 5.56 Å². The topological polar surface area (TPSA) is 62.5 Å². The molecule has 0 radical (unpaired) electrons. The monoisotopic (exact) mass is 313 g/mol. The lowest BCUT2D eigenvalue weighted by Crippen LogP contribution is -2.10. The van der Waals surface area contributed by atoms with Gasteiger partial charge in [0.25, 0.3) is 5.91 Å². The normalized spacial score (nSPS) is 10.4. The third-order valence-corrected chi connectivity index (χ3v) is 3.40. The van der Waals surface area contributed by atoms with E-state index in [-0.39, 0.29) is 11.5 Å². The highest BCUT2D eigenvalue weighted by Gasteiger charge is 2.14. The largest absolute Gasteiger partial charge is 0.508 e. The molecule has 0 spiro atoms. The Bertz CT molecular complexity index is 826. The van der Waals surface area contributed by atoms with Gasteiger partial charge in [-0.2, -0.15) is 0 Å². The van der Waals surface area contributed by atoms with Crippen molar-refractivity contribution in [2.75, 3.05) is 5.32 Å². The lowest BCUT2D eigenvalue weighted by Gasteiger charge is -2.03. The lowest BCUT2D eigenvalue weighted by molar-refractivity contribution is 0.0997. The van der Waals surface area contributed by atoms with Crippen LogP contribution in [0.2, 0.25) is 5.02 Å². The molecule has 110 valence electrons. The number of aromatic hydroxyl groups is 1. The first kappa shape index (κ1) is 14.2. The number of carbonyl (C=O) groups is 1. The zero-order valence-electron chi connectivity index (χ0n) is 11.4. The lowest BCUT2D eigenvalue weighted by atomic mass is 10.2. The van der Waals surface area contributed by atoms with Crippen molar-refractivity contribution in [1.29, 1.82) is 0 Å². The molecular formula is C17H12ClNO3. The fourth-order valence-corrected chi connectivity index (χ4v) is 2.27. The highest BCUT2D eigenvalue weighted by atomic mass is 35.5. The number of nitrogens with one attached hydrogen (secondary N) is 1. The summed E-state index contributed by atoms with van der Waals surface area (Å²) in [6, 6.07) is 16.8. The summed E-state index contributed by atoms with van der Waals surface area (Å²) in [4.78, 5) is 12.1. The van der Waals surface area contributed by atoms with Gasteiger partial charge in [0.2, 0.25) is 0 Å². The molecule has 0 aliphatic carbocycles. The standard InChI is InChI=1S/C17H12ClNO3/c18-14-7-2-1-6-13(14)15-8-9-16(22-15)17(21)19-11-4-3-5-12(20)10-11/h1-10,20H,(H,19,21). The van der Waals surface area contributed by atoms with Crippen molar-refractivity contribution in [2.45, 2.75) is 0 Å². The molecular weight excluding hydrogens is 302 g/mol. The van der Waals surface area contributed by atoms with Crippen LogP contribution in [-0.2, 0) is 0 Å². The van der Waals surface area contributed by atoms with Crippen LogP contribution in [0.25, 0.3) is 11.3 Å². The SMILES string of the molecule is O=C(Nc1cccc(O)c1)c1ccc(-c2ccccc2Cl)o1. The van der Waals surface area contributed by atoms with E-state index in [1.165, 1.54) is 12.1 Å². The molecule has 0 bridgehead atoms. The van der Waals surface area contributed by atoms with Gasteiger partial charge in [-0.05, 0) is 36.4 Å². The van der Waals surface area contributed by atoms with Crippen LogP contribution in [0.1, 0.15) is 10.6 Å². The molecule has 0 unspecified atom stereocenters. The van der Waals surface area contributed by atoms with Crippen LogP contribution in [0.5, 0.6) is 5.75 Å². The van der Waals surface area contributed by atoms with Crippen molar-refractivity contribution in [2.24, 2.45) is 0 Å². The zero-order valence-corrected chi connectivity index (χ0v) is 12.2. The van der Waals surface area contributed by atoms with Gasteiger partial charge in [-0.15, -0.1) is 0 Å². The predicted octanol–water partition coefficient (Wildman–Crippen LogP) is 4.56. The highest BCUT2D eigenvalue weighted by molar-refractivity contribution is 6.33. The number of carbonyl (C=O) groups excluding carboxylic acids is 1. The Morgan fingerprint density at radius 1 is 1.05 bits per heavy atom. The van der Waals surface area contributed by atoms with Crippen molar-refractivity contribution in [1.82, 2.24) is 0 Å². The summed E-state index contributed by atoms with van der Waals surface area (Å²) < 4.78 is 5.56. The van der Waals surface area contributed by atoms with E-state index in [2.05, 4.69) is 5.32 Å². The summed E-state index contributed by atoms with van der Waals surface area (Å²) in [6.45, 7) is 0. The minimum Gasteiger partial charge on any atom is -0.508 e. The Kier molecular flexibility index (Phi) is 3.85. The van der Waals surface area contributed by atoms with Crippen LogP contribution in [0.15, 0.2) is 65.1 Å². The number of amides is 1. The van der Waals surface area contributed by atoms with Crippen molar-refractivity contribution in [3.05, 3.63) is 71.4 Å². The Labute approximate surface area is 132 Å². The maximum atomic E-state index is 12.1. The van der Waals surface area contributed by atoms with Crippen LogP contribution < -0.4 is 5.32 Å². The molecule has 4 nitrogen and oxygen atoms in total. The number of hydrogen-bond donors (Lipinski definition) is 2. The van der Waals surface area contributed by atoms with E-state index in [4.69, 9.17) is 16.0 Å². The van der Waals surface area contributed by atoms with Crippen LogP contribution in [0, 0.1) is 0 Å². The van der Waals surface area contributed by atoms with Gasteiger partial charge in [0.05, 0.1) is 5.02 Å². The van der Waals surface area contributed by atoms with Gasteiger partial charge in [0.15, 0.2) is 5.76 Å². The van der Waals surface area contributed by atoms with Crippen molar-refractivity contribution < 1.29 is 14.3 Å². The minimum absolute atomic E-state index is 0.0778. The van der Waals surface area contributed by atoms with Gasteiger partial charge >= 0.3 is 0 Å². The summed E-state index contributed by atoms with van der Waals surface area (Å²) in [5.41, 5.74) is 1.21. The van der Waals surface area contributed by atoms with Crippen LogP contribution in [-0.4, -0.2) is 11.0 Å². The van der Waals surface area contributed by atoms with Gasteiger partial charge in [-0.3, -0.25) is 4.79 Å². The average molecular weight is 314 g/mol. The number of benzene rings is 2. The Morgan fingerprint density at radius 2 is 1.86 bits per heavy atom. The fourth-order valence-electron chi connectivity index (χ4n) is 2.04. The van der Waals surface area contributed by atoms with Crippen molar-refractivity contribution >= 4 is 23.2 Å². The van der Waals surface area contributed by atoms with Gasteiger partial charge in [0, 0.05) is 17.3 Å². The quantitative estimate of drug-likeness (QED) is 0.745. The van der Waals surface area contributed by atoms with Crippen molar-refractivity contribution in [3.8, 4) is 17.1 Å². The number of anilines is 1. The molecule has 0 aliphatic rings. The number of furan rings is 1. The highest BCUT2D eigenvalue weighted by Crippen LogP contribution is 2.29. The van der Waals surface area contributed by atoms with E-state index in [9.17, 15) is 9.90 Å². The molecule has 0 fully saturated rings. The summed E-state index contributed by atoms with van der Waals surface area (Å²) >= 11 is 6.11. The Hall–Kier alpha value is -2.72. The van der Waals surface area contributed by atoms with Gasteiger partial charge in [-0.25, -0.2) is 0 Å². The minimum atomic E-state index is -0.399. The molecule has 0 saturated heterocycles. The number of phenols is 1. The zero-order chi connectivity index (χ0) is 15.5. The third-order valence-electron chi connectivity index (χ3n) is 3.07. The molecule has 0 atom stereocenters. The maximum absolute atomic E-state index is 12.1. The Balaban J connectivity index is 1.82. The summed E-state index contributed by atoms with van der Waals surface area (Å²) in [7, 11) is 0.